The number of nitrogens with zero attached hydrogens (tertiary/aromatic N) is 3. The number of likely N-dealkylation sites (tertiary alicyclic amines) is 1. The molecule has 2 aliphatic heterocycles. The fourth-order valence-electron chi connectivity index (χ4n) is 4.25. The average molecular weight is 518 g/mol. The molecule has 0 bridgehead atoms. The number of halogens is 2. The summed E-state index contributed by atoms with van der Waals surface area (Å²) in [7, 11) is 0. The smallest absolute Gasteiger partial charge is 0.410 e. The van der Waals surface area contributed by atoms with E-state index < -0.39 is 35.9 Å². The Kier molecular flexibility index (Phi) is 8.04. The maximum atomic E-state index is 15.0. The van der Waals surface area contributed by atoms with Crippen molar-refractivity contribution in [2.75, 3.05) is 44.2 Å². The zero-order valence-corrected chi connectivity index (χ0v) is 21.4. The van der Waals surface area contributed by atoms with Gasteiger partial charge in [0.05, 0.1) is 18.8 Å². The summed E-state index contributed by atoms with van der Waals surface area (Å²) in [6, 6.07) is 13.8. The van der Waals surface area contributed by atoms with Crippen molar-refractivity contribution in [3.63, 3.8) is 0 Å². The third-order valence-electron chi connectivity index (χ3n) is 6.14. The molecular weight excluding hydrogens is 484 g/mol. The Labute approximate surface area is 215 Å². The van der Waals surface area contributed by atoms with Gasteiger partial charge in [-0.05, 0) is 38.5 Å². The van der Waals surface area contributed by atoms with E-state index in [1.165, 1.54) is 11.0 Å². The Hall–Kier alpha value is -3.56. The second-order valence-corrected chi connectivity index (χ2v) is 10.2. The number of ether oxygens (including phenoxy) is 3. The zero-order valence-electron chi connectivity index (χ0n) is 21.4. The summed E-state index contributed by atoms with van der Waals surface area (Å²) in [6.45, 7) is 6.98. The molecule has 0 N–H and O–H groups in total. The van der Waals surface area contributed by atoms with Crippen molar-refractivity contribution >= 4 is 17.9 Å². The molecule has 10 heteroatoms. The molecule has 200 valence electrons. The summed E-state index contributed by atoms with van der Waals surface area (Å²) in [4.78, 5) is 29.3. The van der Waals surface area contributed by atoms with E-state index in [4.69, 9.17) is 14.2 Å². The van der Waals surface area contributed by atoms with Gasteiger partial charge in [0.1, 0.15) is 29.9 Å². The van der Waals surface area contributed by atoms with Crippen LogP contribution in [0.3, 0.4) is 0 Å². The van der Waals surface area contributed by atoms with Crippen LogP contribution in [0.5, 0.6) is 5.75 Å². The van der Waals surface area contributed by atoms with Crippen LogP contribution in [0.4, 0.5) is 24.1 Å². The number of rotatable bonds is 5. The summed E-state index contributed by atoms with van der Waals surface area (Å²) in [5, 5.41) is 0. The van der Waals surface area contributed by atoms with Gasteiger partial charge in [0.2, 0.25) is 0 Å². The SMILES string of the molecule is CC(C)(C)OC(=O)N1C[C@@H](F)[C@H](Oc2ccc(N3CCN(C(=O)OCc4ccccc4)CC3)c(F)c2)C1. The van der Waals surface area contributed by atoms with E-state index in [2.05, 4.69) is 0 Å². The Bertz CT molecular complexity index is 1090. The highest BCUT2D eigenvalue weighted by molar-refractivity contribution is 5.69. The number of piperazine rings is 1. The Morgan fingerprint density at radius 2 is 1.65 bits per heavy atom. The molecule has 2 saturated heterocycles. The van der Waals surface area contributed by atoms with E-state index in [0.29, 0.717) is 31.9 Å². The van der Waals surface area contributed by atoms with Gasteiger partial charge in [0, 0.05) is 32.2 Å². The summed E-state index contributed by atoms with van der Waals surface area (Å²) in [5.41, 5.74) is 0.603. The summed E-state index contributed by atoms with van der Waals surface area (Å²) in [6.07, 6.45) is -3.33. The molecule has 2 fully saturated rings. The first kappa shape index (κ1) is 26.5. The fraction of sp³-hybridized carbons (Fsp3) is 0.481. The Morgan fingerprint density at radius 1 is 0.946 bits per heavy atom. The van der Waals surface area contributed by atoms with Crippen molar-refractivity contribution in [2.45, 2.75) is 45.3 Å². The average Bonchev–Trinajstić information content (AvgIpc) is 3.22. The number of carbonyl (C=O) groups is 2. The molecule has 0 radical (unpaired) electrons. The van der Waals surface area contributed by atoms with Crippen molar-refractivity contribution in [3.05, 3.63) is 59.9 Å². The number of anilines is 1. The lowest BCUT2D eigenvalue weighted by atomic mass is 10.2. The number of hydrogen-bond donors (Lipinski definition) is 0. The molecule has 0 aliphatic carbocycles. The van der Waals surface area contributed by atoms with Gasteiger partial charge in [-0.3, -0.25) is 0 Å². The van der Waals surface area contributed by atoms with Gasteiger partial charge in [-0.1, -0.05) is 30.3 Å². The molecule has 0 spiro atoms. The first-order valence-electron chi connectivity index (χ1n) is 12.4. The lowest BCUT2D eigenvalue weighted by Crippen LogP contribution is -2.49. The highest BCUT2D eigenvalue weighted by Gasteiger charge is 2.39. The van der Waals surface area contributed by atoms with Crippen LogP contribution in [0, 0.1) is 5.82 Å². The van der Waals surface area contributed by atoms with Crippen molar-refractivity contribution in [1.29, 1.82) is 0 Å². The number of carbonyl (C=O) groups excluding carboxylic acids is 2. The highest BCUT2D eigenvalue weighted by atomic mass is 19.1. The third-order valence-corrected chi connectivity index (χ3v) is 6.14. The minimum atomic E-state index is -1.41. The number of benzene rings is 2. The van der Waals surface area contributed by atoms with E-state index in [0.717, 1.165) is 5.56 Å². The Balaban J connectivity index is 1.27. The zero-order chi connectivity index (χ0) is 26.6. The van der Waals surface area contributed by atoms with Crippen LogP contribution in [-0.2, 0) is 16.1 Å². The van der Waals surface area contributed by atoms with Crippen molar-refractivity contribution in [2.24, 2.45) is 0 Å². The standard InChI is InChI=1S/C27H33F2N3O5/c1-27(2,3)37-26(34)32-16-22(29)24(17-32)36-20-9-10-23(21(28)15-20)30-11-13-31(14-12-30)25(33)35-18-19-7-5-4-6-8-19/h4-10,15,22,24H,11-14,16-18H2,1-3H3/t22-,24-/m1/s1. The van der Waals surface area contributed by atoms with Crippen molar-refractivity contribution < 1.29 is 32.6 Å². The first-order valence-corrected chi connectivity index (χ1v) is 12.4. The molecule has 0 aromatic heterocycles. The van der Waals surface area contributed by atoms with E-state index in [9.17, 15) is 18.4 Å². The van der Waals surface area contributed by atoms with Crippen LogP contribution >= 0.6 is 0 Å². The fourth-order valence-corrected chi connectivity index (χ4v) is 4.25. The number of amides is 2. The second kappa shape index (κ2) is 11.2. The molecule has 2 amide bonds. The van der Waals surface area contributed by atoms with Gasteiger partial charge in [-0.2, -0.15) is 0 Å². The second-order valence-electron chi connectivity index (χ2n) is 10.2. The third kappa shape index (κ3) is 7.02. The predicted octanol–water partition coefficient (Wildman–Crippen LogP) is 4.62. The topological polar surface area (TPSA) is 71.5 Å². The van der Waals surface area contributed by atoms with Gasteiger partial charge < -0.3 is 28.9 Å². The molecule has 8 nitrogen and oxygen atoms in total. The van der Waals surface area contributed by atoms with Gasteiger partial charge in [-0.25, -0.2) is 18.4 Å². The van der Waals surface area contributed by atoms with Crippen LogP contribution in [0.15, 0.2) is 48.5 Å². The van der Waals surface area contributed by atoms with Gasteiger partial charge in [-0.15, -0.1) is 0 Å². The number of hydrogen-bond acceptors (Lipinski definition) is 6. The van der Waals surface area contributed by atoms with E-state index in [-0.39, 0.29) is 25.4 Å². The van der Waals surface area contributed by atoms with Gasteiger partial charge in [0.15, 0.2) is 6.17 Å². The van der Waals surface area contributed by atoms with Crippen molar-refractivity contribution in [3.8, 4) is 5.75 Å². The summed E-state index contributed by atoms with van der Waals surface area (Å²) < 4.78 is 45.8. The van der Waals surface area contributed by atoms with Crippen LogP contribution in [-0.4, -0.2) is 79.1 Å². The lowest BCUT2D eigenvalue weighted by Gasteiger charge is -2.35. The Morgan fingerprint density at radius 3 is 2.30 bits per heavy atom. The molecule has 2 atom stereocenters. The molecule has 2 aromatic rings. The summed E-state index contributed by atoms with van der Waals surface area (Å²) >= 11 is 0. The molecule has 4 rings (SSSR count). The van der Waals surface area contributed by atoms with Crippen LogP contribution in [0.2, 0.25) is 0 Å². The van der Waals surface area contributed by atoms with E-state index >= 15 is 0 Å². The maximum Gasteiger partial charge on any atom is 0.410 e. The van der Waals surface area contributed by atoms with E-state index in [1.807, 2.05) is 35.2 Å². The van der Waals surface area contributed by atoms with Crippen LogP contribution in [0.25, 0.3) is 0 Å². The molecule has 0 saturated carbocycles. The molecule has 2 heterocycles. The first-order chi connectivity index (χ1) is 17.6. The van der Waals surface area contributed by atoms with Gasteiger partial charge >= 0.3 is 12.2 Å². The normalized spacial score (nSPS) is 20.1. The maximum absolute atomic E-state index is 15.0. The monoisotopic (exact) mass is 517 g/mol. The molecule has 37 heavy (non-hydrogen) atoms. The van der Waals surface area contributed by atoms with Gasteiger partial charge in [0.25, 0.3) is 0 Å². The van der Waals surface area contributed by atoms with E-state index in [1.54, 1.807) is 37.8 Å². The minimum absolute atomic E-state index is 0.0157. The molecule has 2 aromatic carbocycles. The number of alkyl halides is 1. The quantitative estimate of drug-likeness (QED) is 0.577. The molecular formula is C27H33F2N3O5. The van der Waals surface area contributed by atoms with Crippen LogP contribution in [0.1, 0.15) is 26.3 Å². The summed E-state index contributed by atoms with van der Waals surface area (Å²) in [5.74, 6) is -0.321. The predicted molar refractivity (Wildman–Crippen MR) is 134 cm³/mol. The van der Waals surface area contributed by atoms with Crippen molar-refractivity contribution in [1.82, 2.24) is 9.80 Å². The van der Waals surface area contributed by atoms with Crippen LogP contribution < -0.4 is 9.64 Å². The lowest BCUT2D eigenvalue weighted by molar-refractivity contribution is 0.0273. The minimum Gasteiger partial charge on any atom is -0.485 e. The molecule has 0 unspecified atom stereocenters. The highest BCUT2D eigenvalue weighted by Crippen LogP contribution is 2.28. The largest absolute Gasteiger partial charge is 0.485 e. The molecule has 2 aliphatic rings.